The van der Waals surface area contributed by atoms with Crippen LogP contribution in [0.4, 0.5) is 0 Å². The van der Waals surface area contributed by atoms with E-state index in [2.05, 4.69) is 17.4 Å². The van der Waals surface area contributed by atoms with Crippen LogP contribution < -0.4 is 5.32 Å². The third-order valence-electron chi connectivity index (χ3n) is 3.64. The predicted octanol–water partition coefficient (Wildman–Crippen LogP) is 4.22. The van der Waals surface area contributed by atoms with Gasteiger partial charge in [0.05, 0.1) is 6.26 Å². The minimum absolute atomic E-state index is 0.451. The van der Waals surface area contributed by atoms with E-state index in [1.807, 2.05) is 24.3 Å². The first-order valence-corrected chi connectivity index (χ1v) is 7.22. The lowest BCUT2D eigenvalue weighted by Crippen LogP contribution is -2.25. The Hall–Kier alpha value is -1.25. The molecule has 1 saturated carbocycles. The molecule has 3 rings (SSSR count). The van der Waals surface area contributed by atoms with Gasteiger partial charge in [0.25, 0.3) is 0 Å². The number of hydrogen-bond acceptors (Lipinski definition) is 2. The van der Waals surface area contributed by atoms with E-state index < -0.39 is 0 Å². The van der Waals surface area contributed by atoms with E-state index in [0.29, 0.717) is 6.04 Å². The fourth-order valence-electron chi connectivity index (χ4n) is 2.46. The monoisotopic (exact) mass is 275 g/mol. The summed E-state index contributed by atoms with van der Waals surface area (Å²) in [4.78, 5) is 0. The Morgan fingerprint density at radius 3 is 2.63 bits per heavy atom. The van der Waals surface area contributed by atoms with Crippen molar-refractivity contribution in [3.05, 3.63) is 59.0 Å². The maximum atomic E-state index is 5.95. The van der Waals surface area contributed by atoms with E-state index in [0.717, 1.165) is 29.7 Å². The standard InChI is InChI=1S/C16H18ClNO/c17-14-7-5-13(6-8-14)16(12-3-4-12)18-10-9-15-2-1-11-19-15/h1-2,5-8,11-12,16,18H,3-4,9-10H2. The predicted molar refractivity (Wildman–Crippen MR) is 77.3 cm³/mol. The highest BCUT2D eigenvalue weighted by molar-refractivity contribution is 6.30. The molecule has 2 nitrogen and oxygen atoms in total. The molecule has 0 aliphatic heterocycles. The van der Waals surface area contributed by atoms with Crippen molar-refractivity contribution in [2.75, 3.05) is 6.54 Å². The SMILES string of the molecule is Clc1ccc(C(NCCc2ccco2)C2CC2)cc1. The third-order valence-corrected chi connectivity index (χ3v) is 3.89. The van der Waals surface area contributed by atoms with Gasteiger partial charge in [0.2, 0.25) is 0 Å². The molecule has 1 fully saturated rings. The van der Waals surface area contributed by atoms with Crippen molar-refractivity contribution >= 4 is 11.6 Å². The van der Waals surface area contributed by atoms with Gasteiger partial charge < -0.3 is 9.73 Å². The van der Waals surface area contributed by atoms with Crippen LogP contribution in [-0.2, 0) is 6.42 Å². The van der Waals surface area contributed by atoms with Crippen LogP contribution in [0.2, 0.25) is 5.02 Å². The molecule has 1 N–H and O–H groups in total. The maximum absolute atomic E-state index is 5.95. The molecule has 0 bridgehead atoms. The second-order valence-corrected chi connectivity index (χ2v) is 5.59. The molecule has 3 heteroatoms. The van der Waals surface area contributed by atoms with Crippen molar-refractivity contribution in [3.8, 4) is 0 Å². The Morgan fingerprint density at radius 1 is 1.21 bits per heavy atom. The molecule has 0 amide bonds. The van der Waals surface area contributed by atoms with Crippen LogP contribution in [0.1, 0.15) is 30.2 Å². The van der Waals surface area contributed by atoms with Crippen LogP contribution >= 0.6 is 11.6 Å². The van der Waals surface area contributed by atoms with Crippen molar-refractivity contribution in [2.24, 2.45) is 5.92 Å². The van der Waals surface area contributed by atoms with Crippen LogP contribution in [0, 0.1) is 5.92 Å². The normalized spacial score (nSPS) is 16.5. The van der Waals surface area contributed by atoms with Crippen LogP contribution in [0.3, 0.4) is 0 Å². The smallest absolute Gasteiger partial charge is 0.105 e. The molecule has 100 valence electrons. The van der Waals surface area contributed by atoms with Crippen LogP contribution in [0.25, 0.3) is 0 Å². The van der Waals surface area contributed by atoms with Crippen molar-refractivity contribution in [3.63, 3.8) is 0 Å². The zero-order valence-corrected chi connectivity index (χ0v) is 11.6. The molecule has 1 heterocycles. The summed E-state index contributed by atoms with van der Waals surface area (Å²) in [6.07, 6.45) is 5.30. The van der Waals surface area contributed by atoms with E-state index in [1.54, 1.807) is 6.26 Å². The van der Waals surface area contributed by atoms with Crippen LogP contribution in [0.5, 0.6) is 0 Å². The molecule has 1 unspecified atom stereocenters. The Kier molecular flexibility index (Phi) is 3.90. The molecule has 0 saturated heterocycles. The first-order chi connectivity index (χ1) is 9.33. The van der Waals surface area contributed by atoms with Crippen molar-refractivity contribution < 1.29 is 4.42 Å². The summed E-state index contributed by atoms with van der Waals surface area (Å²) >= 11 is 5.95. The number of benzene rings is 1. The molecule has 1 aliphatic carbocycles. The highest BCUT2D eigenvalue weighted by Crippen LogP contribution is 2.41. The highest BCUT2D eigenvalue weighted by atomic mass is 35.5. The number of rotatable bonds is 6. The number of furan rings is 1. The molecule has 1 aromatic heterocycles. The van der Waals surface area contributed by atoms with Crippen LogP contribution in [0.15, 0.2) is 47.1 Å². The fraction of sp³-hybridized carbons (Fsp3) is 0.375. The van der Waals surface area contributed by atoms with Gasteiger partial charge in [-0.15, -0.1) is 0 Å². The fourth-order valence-corrected chi connectivity index (χ4v) is 2.59. The van der Waals surface area contributed by atoms with Gasteiger partial charge >= 0.3 is 0 Å². The molecule has 1 atom stereocenters. The molecule has 1 aliphatic rings. The molecule has 0 radical (unpaired) electrons. The third kappa shape index (κ3) is 3.40. The van der Waals surface area contributed by atoms with Crippen molar-refractivity contribution in [2.45, 2.75) is 25.3 Å². The van der Waals surface area contributed by atoms with E-state index in [-0.39, 0.29) is 0 Å². The highest BCUT2D eigenvalue weighted by Gasteiger charge is 2.31. The van der Waals surface area contributed by atoms with E-state index in [1.165, 1.54) is 18.4 Å². The lowest BCUT2D eigenvalue weighted by molar-refractivity contribution is 0.454. The van der Waals surface area contributed by atoms with Crippen LogP contribution in [-0.4, -0.2) is 6.54 Å². The van der Waals surface area contributed by atoms with Gasteiger partial charge in [0.15, 0.2) is 0 Å². The minimum Gasteiger partial charge on any atom is -0.469 e. The van der Waals surface area contributed by atoms with E-state index in [4.69, 9.17) is 16.0 Å². The Balaban J connectivity index is 1.60. The minimum atomic E-state index is 0.451. The van der Waals surface area contributed by atoms with Crippen molar-refractivity contribution in [1.29, 1.82) is 0 Å². The first kappa shape index (κ1) is 12.8. The van der Waals surface area contributed by atoms with Gasteiger partial charge in [-0.25, -0.2) is 0 Å². The van der Waals surface area contributed by atoms with E-state index >= 15 is 0 Å². The summed E-state index contributed by atoms with van der Waals surface area (Å²) in [6, 6.07) is 12.6. The molecular formula is C16H18ClNO. The largest absolute Gasteiger partial charge is 0.469 e. The maximum Gasteiger partial charge on any atom is 0.105 e. The van der Waals surface area contributed by atoms with Crippen molar-refractivity contribution in [1.82, 2.24) is 5.32 Å². The summed E-state index contributed by atoms with van der Waals surface area (Å²) < 4.78 is 5.36. The zero-order chi connectivity index (χ0) is 13.1. The summed E-state index contributed by atoms with van der Waals surface area (Å²) in [5.74, 6) is 1.82. The van der Waals surface area contributed by atoms with Gasteiger partial charge in [-0.3, -0.25) is 0 Å². The number of nitrogens with one attached hydrogen (secondary N) is 1. The van der Waals surface area contributed by atoms with E-state index in [9.17, 15) is 0 Å². The summed E-state index contributed by atoms with van der Waals surface area (Å²) in [6.45, 7) is 0.942. The van der Waals surface area contributed by atoms with Gasteiger partial charge in [-0.2, -0.15) is 0 Å². The lowest BCUT2D eigenvalue weighted by Gasteiger charge is -2.18. The lowest BCUT2D eigenvalue weighted by atomic mass is 10.0. The summed E-state index contributed by atoms with van der Waals surface area (Å²) in [5, 5.41) is 4.45. The Bertz CT molecular complexity index is 502. The molecule has 1 aromatic carbocycles. The second kappa shape index (κ2) is 5.81. The van der Waals surface area contributed by atoms with Gasteiger partial charge in [0, 0.05) is 24.0 Å². The second-order valence-electron chi connectivity index (χ2n) is 5.15. The zero-order valence-electron chi connectivity index (χ0n) is 10.8. The average Bonchev–Trinajstić information content (AvgIpc) is 3.13. The topological polar surface area (TPSA) is 25.2 Å². The summed E-state index contributed by atoms with van der Waals surface area (Å²) in [5.41, 5.74) is 1.34. The first-order valence-electron chi connectivity index (χ1n) is 6.84. The molecular weight excluding hydrogens is 258 g/mol. The molecule has 19 heavy (non-hydrogen) atoms. The molecule has 2 aromatic rings. The Labute approximate surface area is 118 Å². The van der Waals surface area contributed by atoms with Gasteiger partial charge in [-0.05, 0) is 48.6 Å². The summed E-state index contributed by atoms with van der Waals surface area (Å²) in [7, 11) is 0. The quantitative estimate of drug-likeness (QED) is 0.854. The molecule has 0 spiro atoms. The number of halogens is 1. The van der Waals surface area contributed by atoms with Gasteiger partial charge in [-0.1, -0.05) is 23.7 Å². The number of hydrogen-bond donors (Lipinski definition) is 1. The Morgan fingerprint density at radius 2 is 2.00 bits per heavy atom. The van der Waals surface area contributed by atoms with Gasteiger partial charge in [0.1, 0.15) is 5.76 Å². The average molecular weight is 276 g/mol.